The SMILES string of the molecule is COc1ccc(CC(=O)Nc2nnc(-c3cccc(C4C=CC(CC(=O)Nc5nnc(-c6ccccn6)[nH]5)C4)n3)[nH]2)cc1. The number of rotatable bonds is 10. The number of hydrogen-bond donors (Lipinski definition) is 4. The minimum absolute atomic E-state index is 0.0466. The van der Waals surface area contributed by atoms with Crippen LogP contribution in [0.15, 0.2) is 79.0 Å². The predicted octanol–water partition coefficient (Wildman–Crippen LogP) is 3.93. The first-order chi connectivity index (χ1) is 21.0. The molecule has 2 amide bonds. The van der Waals surface area contributed by atoms with Crippen LogP contribution in [0, 0.1) is 5.92 Å². The highest BCUT2D eigenvalue weighted by atomic mass is 16.5. The predicted molar refractivity (Wildman–Crippen MR) is 158 cm³/mol. The molecule has 1 aliphatic carbocycles. The Morgan fingerprint density at radius 2 is 1.56 bits per heavy atom. The number of aromatic nitrogens is 8. The van der Waals surface area contributed by atoms with E-state index < -0.39 is 0 Å². The molecule has 0 fully saturated rings. The molecule has 13 nitrogen and oxygen atoms in total. The Morgan fingerprint density at radius 1 is 0.837 bits per heavy atom. The van der Waals surface area contributed by atoms with Crippen molar-refractivity contribution in [2.24, 2.45) is 5.92 Å². The summed E-state index contributed by atoms with van der Waals surface area (Å²) in [7, 11) is 1.60. The van der Waals surface area contributed by atoms with Gasteiger partial charge >= 0.3 is 0 Å². The van der Waals surface area contributed by atoms with Crippen LogP contribution < -0.4 is 15.4 Å². The van der Waals surface area contributed by atoms with Crippen molar-refractivity contribution in [3.05, 3.63) is 90.3 Å². The van der Waals surface area contributed by atoms with E-state index in [2.05, 4.69) is 52.1 Å². The monoisotopic (exact) mass is 576 g/mol. The fourth-order valence-electron chi connectivity index (χ4n) is 4.83. The molecule has 0 bridgehead atoms. The molecule has 216 valence electrons. The second kappa shape index (κ2) is 12.4. The first-order valence-corrected chi connectivity index (χ1v) is 13.7. The summed E-state index contributed by atoms with van der Waals surface area (Å²) in [4.78, 5) is 40.2. The van der Waals surface area contributed by atoms with Crippen LogP contribution in [0.3, 0.4) is 0 Å². The standard InChI is InChI=1S/C30H28N10O3/c1-43-21-12-9-18(10-13-21)16-25(41)33-30-36-28(38-40-30)24-7-4-6-22(32-24)20-11-8-19(15-20)17-26(42)34-29-35-27(37-39-29)23-5-2-3-14-31-23/h2-14,19-20H,15-17H2,1H3,(H2,33,36,38,40,41)(H2,34,35,37,39,42). The molecule has 6 rings (SSSR count). The van der Waals surface area contributed by atoms with E-state index in [1.807, 2.05) is 66.7 Å². The molecule has 1 aliphatic rings. The van der Waals surface area contributed by atoms with Gasteiger partial charge in [-0.15, -0.1) is 20.4 Å². The van der Waals surface area contributed by atoms with Crippen LogP contribution in [0.1, 0.15) is 30.0 Å². The number of H-pyrrole nitrogens is 2. The largest absolute Gasteiger partial charge is 0.497 e. The molecule has 2 unspecified atom stereocenters. The van der Waals surface area contributed by atoms with Gasteiger partial charge in [-0.25, -0.2) is 4.98 Å². The summed E-state index contributed by atoms with van der Waals surface area (Å²) in [6.07, 6.45) is 7.01. The average molecular weight is 577 g/mol. The van der Waals surface area contributed by atoms with E-state index in [-0.39, 0.29) is 42.0 Å². The fraction of sp³-hybridized carbons (Fsp3) is 0.200. The molecule has 0 saturated carbocycles. The van der Waals surface area contributed by atoms with Crippen LogP contribution >= 0.6 is 0 Å². The summed E-state index contributed by atoms with van der Waals surface area (Å²) in [5.74, 6) is 1.88. The number of amides is 2. The first kappa shape index (κ1) is 27.4. The second-order valence-electron chi connectivity index (χ2n) is 10.0. The topological polar surface area (TPSA) is 176 Å². The Labute approximate surface area is 246 Å². The number of anilines is 2. The van der Waals surface area contributed by atoms with Gasteiger partial charge in [0.05, 0.1) is 13.5 Å². The maximum Gasteiger partial charge on any atom is 0.231 e. The Balaban J connectivity index is 1.02. The van der Waals surface area contributed by atoms with E-state index in [9.17, 15) is 9.59 Å². The third-order valence-electron chi connectivity index (χ3n) is 6.93. The van der Waals surface area contributed by atoms with E-state index in [0.717, 1.165) is 23.4 Å². The lowest BCUT2D eigenvalue weighted by Crippen LogP contribution is -2.16. The molecule has 4 N–H and O–H groups in total. The van der Waals surface area contributed by atoms with Gasteiger partial charge < -0.3 is 14.7 Å². The van der Waals surface area contributed by atoms with Gasteiger partial charge in [0.15, 0.2) is 11.6 Å². The molecule has 0 spiro atoms. The highest BCUT2D eigenvalue weighted by molar-refractivity contribution is 5.91. The Hall–Kier alpha value is -5.72. The number of carbonyl (C=O) groups is 2. The summed E-state index contributed by atoms with van der Waals surface area (Å²) in [6, 6.07) is 18.4. The molecular formula is C30H28N10O3. The molecule has 0 radical (unpaired) electrons. The average Bonchev–Trinajstić information content (AvgIpc) is 3.80. The number of pyridine rings is 2. The number of nitrogens with one attached hydrogen (secondary N) is 4. The van der Waals surface area contributed by atoms with Crippen molar-refractivity contribution in [1.82, 2.24) is 40.3 Å². The van der Waals surface area contributed by atoms with Crippen LogP contribution in [0.4, 0.5) is 11.9 Å². The molecule has 1 aromatic carbocycles. The smallest absolute Gasteiger partial charge is 0.231 e. The summed E-state index contributed by atoms with van der Waals surface area (Å²) < 4.78 is 5.15. The van der Waals surface area contributed by atoms with Crippen molar-refractivity contribution in [3.63, 3.8) is 0 Å². The number of aromatic amines is 2. The van der Waals surface area contributed by atoms with E-state index in [1.54, 1.807) is 13.3 Å². The molecule has 4 heterocycles. The molecule has 0 saturated heterocycles. The van der Waals surface area contributed by atoms with Crippen LogP contribution in [0.25, 0.3) is 23.0 Å². The number of nitrogens with zero attached hydrogens (tertiary/aromatic N) is 6. The van der Waals surface area contributed by atoms with Gasteiger partial charge in [0, 0.05) is 24.2 Å². The van der Waals surface area contributed by atoms with Gasteiger partial charge in [-0.1, -0.05) is 36.4 Å². The van der Waals surface area contributed by atoms with E-state index in [0.29, 0.717) is 29.5 Å². The van der Waals surface area contributed by atoms with Gasteiger partial charge in [0.1, 0.15) is 17.1 Å². The molecule has 0 aliphatic heterocycles. The first-order valence-electron chi connectivity index (χ1n) is 13.7. The second-order valence-corrected chi connectivity index (χ2v) is 10.0. The summed E-state index contributed by atoms with van der Waals surface area (Å²) in [6.45, 7) is 0. The zero-order chi connectivity index (χ0) is 29.6. The van der Waals surface area contributed by atoms with Crippen LogP contribution in [-0.4, -0.2) is 59.3 Å². The molecule has 4 aromatic heterocycles. The van der Waals surface area contributed by atoms with E-state index >= 15 is 0 Å². The maximum absolute atomic E-state index is 12.7. The normalized spacial score (nSPS) is 15.7. The molecule has 13 heteroatoms. The molecule has 5 aromatic rings. The molecular weight excluding hydrogens is 548 g/mol. The van der Waals surface area contributed by atoms with Crippen molar-refractivity contribution in [3.8, 4) is 28.8 Å². The maximum atomic E-state index is 12.7. The van der Waals surface area contributed by atoms with Crippen LogP contribution in [0.5, 0.6) is 5.75 Å². The quantitative estimate of drug-likeness (QED) is 0.179. The number of carbonyl (C=O) groups excluding carboxylic acids is 2. The van der Waals surface area contributed by atoms with Crippen LogP contribution in [0.2, 0.25) is 0 Å². The lowest BCUT2D eigenvalue weighted by atomic mass is 9.97. The lowest BCUT2D eigenvalue weighted by molar-refractivity contribution is -0.117. The highest BCUT2D eigenvalue weighted by Crippen LogP contribution is 2.34. The van der Waals surface area contributed by atoms with Crippen molar-refractivity contribution in [2.45, 2.75) is 25.2 Å². The Bertz CT molecular complexity index is 1750. The summed E-state index contributed by atoms with van der Waals surface area (Å²) in [5, 5.41) is 21.8. The van der Waals surface area contributed by atoms with Crippen molar-refractivity contribution in [1.29, 1.82) is 0 Å². The zero-order valence-electron chi connectivity index (χ0n) is 23.2. The lowest BCUT2D eigenvalue weighted by Gasteiger charge is -2.12. The van der Waals surface area contributed by atoms with E-state index in [1.165, 1.54) is 0 Å². The van der Waals surface area contributed by atoms with Crippen molar-refractivity contribution >= 4 is 23.7 Å². The molecule has 43 heavy (non-hydrogen) atoms. The van der Waals surface area contributed by atoms with Crippen LogP contribution in [-0.2, 0) is 16.0 Å². The Morgan fingerprint density at radius 3 is 2.28 bits per heavy atom. The van der Waals surface area contributed by atoms with Gasteiger partial charge in [-0.2, -0.15) is 0 Å². The van der Waals surface area contributed by atoms with E-state index in [4.69, 9.17) is 9.72 Å². The molecule has 2 atom stereocenters. The number of methoxy groups -OCH3 is 1. The minimum atomic E-state index is -0.224. The number of ether oxygens (including phenoxy) is 1. The summed E-state index contributed by atoms with van der Waals surface area (Å²) in [5.41, 5.74) is 2.95. The number of allylic oxidation sites excluding steroid dienone is 2. The highest BCUT2D eigenvalue weighted by Gasteiger charge is 2.24. The van der Waals surface area contributed by atoms with Crippen molar-refractivity contribution in [2.75, 3.05) is 17.7 Å². The minimum Gasteiger partial charge on any atom is -0.497 e. The number of hydrogen-bond acceptors (Lipinski definition) is 9. The zero-order valence-corrected chi connectivity index (χ0v) is 23.2. The van der Waals surface area contributed by atoms with Gasteiger partial charge in [0.2, 0.25) is 23.7 Å². The number of benzene rings is 1. The van der Waals surface area contributed by atoms with Gasteiger partial charge in [-0.05, 0) is 54.3 Å². The van der Waals surface area contributed by atoms with Gasteiger partial charge in [-0.3, -0.25) is 25.2 Å². The van der Waals surface area contributed by atoms with Crippen molar-refractivity contribution < 1.29 is 14.3 Å². The fourth-order valence-corrected chi connectivity index (χ4v) is 4.83. The van der Waals surface area contributed by atoms with Gasteiger partial charge in [0.25, 0.3) is 0 Å². The third kappa shape index (κ3) is 6.78. The third-order valence-corrected chi connectivity index (χ3v) is 6.93. The Kier molecular flexibility index (Phi) is 7.93. The summed E-state index contributed by atoms with van der Waals surface area (Å²) >= 11 is 0.